The van der Waals surface area contributed by atoms with Gasteiger partial charge in [0.1, 0.15) is 12.4 Å². The molecule has 2 heterocycles. The summed E-state index contributed by atoms with van der Waals surface area (Å²) >= 11 is 0. The van der Waals surface area contributed by atoms with Crippen LogP contribution in [0.5, 0.6) is 23.0 Å². The molecule has 0 unspecified atom stereocenters. The second-order valence-corrected chi connectivity index (χ2v) is 8.20. The number of hydrogen-bond donors (Lipinski definition) is 1. The molecule has 1 saturated heterocycles. The molecule has 3 aromatic rings. The average Bonchev–Trinajstić information content (AvgIpc) is 2.81. The van der Waals surface area contributed by atoms with Gasteiger partial charge in [0.25, 0.3) is 0 Å². The van der Waals surface area contributed by atoms with Crippen LogP contribution in [-0.2, 0) is 0 Å². The third-order valence-corrected chi connectivity index (χ3v) is 5.97. The number of methoxy groups -OCH3 is 1. The van der Waals surface area contributed by atoms with Gasteiger partial charge in [-0.3, -0.25) is 9.88 Å². The molecule has 1 aliphatic rings. The lowest BCUT2D eigenvalue weighted by Crippen LogP contribution is -2.35. The Labute approximate surface area is 188 Å². The third-order valence-electron chi connectivity index (χ3n) is 5.97. The predicted octanol–water partition coefficient (Wildman–Crippen LogP) is 5.33. The molecule has 0 saturated carbocycles. The number of ether oxygens (including phenoxy) is 3. The summed E-state index contributed by atoms with van der Waals surface area (Å²) < 4.78 is 31.9. The van der Waals surface area contributed by atoms with E-state index in [1.807, 2.05) is 12.1 Å². The molecule has 7 heteroatoms. The number of pyridine rings is 1. The van der Waals surface area contributed by atoms with E-state index in [9.17, 15) is 4.39 Å². The van der Waals surface area contributed by atoms with E-state index in [2.05, 4.69) is 22.1 Å². The summed E-state index contributed by atoms with van der Waals surface area (Å²) in [4.78, 5) is 6.88. The zero-order valence-electron chi connectivity index (χ0n) is 18.9. The summed E-state index contributed by atoms with van der Waals surface area (Å²) in [5.74, 6) is 2.24. The van der Waals surface area contributed by atoms with Gasteiger partial charge in [-0.25, -0.2) is 4.39 Å². The van der Waals surface area contributed by atoms with Crippen LogP contribution in [0.3, 0.4) is 0 Å². The second-order valence-electron chi connectivity index (χ2n) is 8.20. The number of fused-ring (bicyclic) bond motifs is 1. The number of hydrogen-bond acceptors (Lipinski definition) is 6. The fourth-order valence-corrected chi connectivity index (χ4v) is 3.92. The van der Waals surface area contributed by atoms with Crippen LogP contribution in [0.25, 0.3) is 10.9 Å². The summed E-state index contributed by atoms with van der Waals surface area (Å²) in [5, 5.41) is 3.63. The Morgan fingerprint density at radius 2 is 1.88 bits per heavy atom. The quantitative estimate of drug-likeness (QED) is 0.512. The van der Waals surface area contributed by atoms with E-state index < -0.39 is 5.82 Å². The van der Waals surface area contributed by atoms with Gasteiger partial charge >= 0.3 is 0 Å². The summed E-state index contributed by atoms with van der Waals surface area (Å²) in [6.45, 7) is 6.01. The van der Waals surface area contributed by atoms with E-state index in [-0.39, 0.29) is 5.75 Å². The minimum Gasteiger partial charge on any atom is -0.493 e. The summed E-state index contributed by atoms with van der Waals surface area (Å²) in [6, 6.07) is 10.1. The van der Waals surface area contributed by atoms with Gasteiger partial charge in [-0.15, -0.1) is 0 Å². The van der Waals surface area contributed by atoms with Crippen LogP contribution in [0.2, 0.25) is 0 Å². The van der Waals surface area contributed by atoms with Crippen LogP contribution in [0.15, 0.2) is 42.6 Å². The maximum absolute atomic E-state index is 14.4. The van der Waals surface area contributed by atoms with E-state index in [0.717, 1.165) is 30.9 Å². The highest BCUT2D eigenvalue weighted by molar-refractivity contribution is 5.88. The molecular weight excluding hydrogens is 409 g/mol. The highest BCUT2D eigenvalue weighted by Gasteiger charge is 2.17. The molecule has 0 radical (unpaired) electrons. The molecule has 1 aromatic heterocycles. The molecule has 6 nitrogen and oxygen atoms in total. The average molecular weight is 440 g/mol. The van der Waals surface area contributed by atoms with Crippen LogP contribution in [0.1, 0.15) is 19.8 Å². The van der Waals surface area contributed by atoms with Crippen molar-refractivity contribution in [3.63, 3.8) is 0 Å². The van der Waals surface area contributed by atoms with Crippen molar-refractivity contribution in [1.82, 2.24) is 9.88 Å². The largest absolute Gasteiger partial charge is 0.493 e. The zero-order chi connectivity index (χ0) is 22.5. The van der Waals surface area contributed by atoms with E-state index in [1.54, 1.807) is 38.6 Å². The molecule has 4 rings (SSSR count). The summed E-state index contributed by atoms with van der Waals surface area (Å²) in [6.07, 6.45) is 4.12. The maximum atomic E-state index is 14.4. The van der Waals surface area contributed by atoms with Crippen molar-refractivity contribution < 1.29 is 18.6 Å². The summed E-state index contributed by atoms with van der Waals surface area (Å²) in [7, 11) is 3.34. The molecule has 1 aliphatic heterocycles. The standard InChI is InChI=1S/C25H30FN3O3/c1-17-7-10-29(11-8-17)12-13-31-25-16-21-19(15-24(25)30-3)22(6-9-28-21)32-23-5-4-18(27-2)14-20(23)26/h4-6,9,14-17,27H,7-8,10-13H2,1-3H3. The Balaban J connectivity index is 1.52. The van der Waals surface area contributed by atoms with Crippen molar-refractivity contribution in [2.24, 2.45) is 5.92 Å². The molecule has 32 heavy (non-hydrogen) atoms. The normalized spacial score (nSPS) is 15.0. The number of nitrogens with one attached hydrogen (secondary N) is 1. The maximum Gasteiger partial charge on any atom is 0.167 e. The van der Waals surface area contributed by atoms with Crippen LogP contribution in [0, 0.1) is 11.7 Å². The summed E-state index contributed by atoms with van der Waals surface area (Å²) in [5.41, 5.74) is 1.37. The molecule has 0 spiro atoms. The lowest BCUT2D eigenvalue weighted by atomic mass is 9.99. The van der Waals surface area contributed by atoms with E-state index >= 15 is 0 Å². The number of aromatic nitrogens is 1. The fourth-order valence-electron chi connectivity index (χ4n) is 3.92. The fraction of sp³-hybridized carbons (Fsp3) is 0.400. The highest BCUT2D eigenvalue weighted by atomic mass is 19.1. The Kier molecular flexibility index (Phi) is 6.95. The molecular formula is C25H30FN3O3. The van der Waals surface area contributed by atoms with Gasteiger partial charge in [0.05, 0.1) is 12.6 Å². The SMILES string of the molecule is CNc1ccc(Oc2ccnc3cc(OCCN4CCC(C)CC4)c(OC)cc23)c(F)c1. The molecule has 0 bridgehead atoms. The van der Waals surface area contributed by atoms with Gasteiger partial charge in [0.2, 0.25) is 0 Å². The lowest BCUT2D eigenvalue weighted by Gasteiger charge is -2.30. The second kappa shape index (κ2) is 10.0. The van der Waals surface area contributed by atoms with Crippen LogP contribution >= 0.6 is 0 Å². The number of piperidine rings is 1. The van der Waals surface area contributed by atoms with Crippen molar-refractivity contribution in [3.05, 3.63) is 48.4 Å². The Morgan fingerprint density at radius 3 is 2.59 bits per heavy atom. The first-order valence-electron chi connectivity index (χ1n) is 11.0. The molecule has 2 aromatic carbocycles. The van der Waals surface area contributed by atoms with Gasteiger partial charge in [0, 0.05) is 43.0 Å². The third kappa shape index (κ3) is 5.05. The number of nitrogens with zero attached hydrogens (tertiary/aromatic N) is 2. The number of benzene rings is 2. The van der Waals surface area contributed by atoms with Crippen LogP contribution in [-0.4, -0.2) is 50.3 Å². The molecule has 1 N–H and O–H groups in total. The molecule has 1 fully saturated rings. The van der Waals surface area contributed by atoms with Gasteiger partial charge in [-0.1, -0.05) is 6.92 Å². The smallest absolute Gasteiger partial charge is 0.167 e. The lowest BCUT2D eigenvalue weighted by molar-refractivity contribution is 0.159. The first-order chi connectivity index (χ1) is 15.6. The van der Waals surface area contributed by atoms with Crippen molar-refractivity contribution >= 4 is 16.6 Å². The molecule has 0 amide bonds. The topological polar surface area (TPSA) is 55.8 Å². The van der Waals surface area contributed by atoms with Crippen LogP contribution in [0.4, 0.5) is 10.1 Å². The van der Waals surface area contributed by atoms with Crippen molar-refractivity contribution in [2.75, 3.05) is 45.7 Å². The zero-order valence-corrected chi connectivity index (χ0v) is 18.9. The van der Waals surface area contributed by atoms with Crippen molar-refractivity contribution in [1.29, 1.82) is 0 Å². The number of likely N-dealkylation sites (tertiary alicyclic amines) is 1. The Hall–Kier alpha value is -3.06. The Bertz CT molecular complexity index is 1070. The van der Waals surface area contributed by atoms with Crippen molar-refractivity contribution in [2.45, 2.75) is 19.8 Å². The van der Waals surface area contributed by atoms with Gasteiger partial charge in [-0.05, 0) is 56.1 Å². The molecule has 0 atom stereocenters. The first-order valence-corrected chi connectivity index (χ1v) is 11.0. The first kappa shape index (κ1) is 22.1. The van der Waals surface area contributed by atoms with Crippen molar-refractivity contribution in [3.8, 4) is 23.0 Å². The van der Waals surface area contributed by atoms with E-state index in [0.29, 0.717) is 35.1 Å². The minimum atomic E-state index is -0.444. The highest BCUT2D eigenvalue weighted by Crippen LogP contribution is 2.37. The minimum absolute atomic E-state index is 0.145. The number of anilines is 1. The Morgan fingerprint density at radius 1 is 1.06 bits per heavy atom. The van der Waals surface area contributed by atoms with Gasteiger partial charge < -0.3 is 19.5 Å². The monoisotopic (exact) mass is 439 g/mol. The molecule has 0 aliphatic carbocycles. The number of halogens is 1. The van der Waals surface area contributed by atoms with Gasteiger partial charge in [-0.2, -0.15) is 0 Å². The van der Waals surface area contributed by atoms with Crippen LogP contribution < -0.4 is 19.5 Å². The molecule has 170 valence electrons. The van der Waals surface area contributed by atoms with Gasteiger partial charge in [0.15, 0.2) is 23.1 Å². The number of rotatable bonds is 8. The predicted molar refractivity (Wildman–Crippen MR) is 125 cm³/mol. The van der Waals surface area contributed by atoms with E-state index in [4.69, 9.17) is 14.2 Å². The van der Waals surface area contributed by atoms with E-state index in [1.165, 1.54) is 18.9 Å².